The minimum atomic E-state index is -1.04. The normalized spacial score (nSPS) is 15.1. The van der Waals surface area contributed by atoms with Crippen LogP contribution in [0.5, 0.6) is 0 Å². The highest BCUT2D eigenvalue weighted by atomic mass is 35.5. The van der Waals surface area contributed by atoms with Crippen LogP contribution in [0.1, 0.15) is 23.4 Å². The molecule has 0 aromatic carbocycles. The van der Waals surface area contributed by atoms with Crippen molar-refractivity contribution in [3.8, 4) is 0 Å². The molecule has 1 aromatic rings. The molecule has 0 saturated carbocycles. The van der Waals surface area contributed by atoms with Gasteiger partial charge < -0.3 is 0 Å². The molecule has 0 unspecified atom stereocenters. The molecule has 2 rings (SSSR count). The zero-order chi connectivity index (χ0) is 10.8. The Labute approximate surface area is 102 Å². The number of anilines is 1. The second-order valence-electron chi connectivity index (χ2n) is 3.39. The number of rotatable bonds is 2. The highest BCUT2D eigenvalue weighted by molar-refractivity contribution is 7.15. The molecule has 6 heteroatoms. The van der Waals surface area contributed by atoms with Gasteiger partial charge in [-0.1, -0.05) is 23.2 Å². The van der Waals surface area contributed by atoms with Crippen LogP contribution in [-0.2, 0) is 17.6 Å². The summed E-state index contributed by atoms with van der Waals surface area (Å²) in [7, 11) is 0. The summed E-state index contributed by atoms with van der Waals surface area (Å²) in [6.45, 7) is 0. The number of halogens is 2. The maximum atomic E-state index is 11.2. The first-order valence-corrected chi connectivity index (χ1v) is 6.43. The number of nitrogens with one attached hydrogen (secondary N) is 1. The smallest absolute Gasteiger partial charge is 0.259 e. The first-order chi connectivity index (χ1) is 7.16. The molecule has 1 aliphatic carbocycles. The Morgan fingerprint density at radius 3 is 2.80 bits per heavy atom. The summed E-state index contributed by atoms with van der Waals surface area (Å²) in [5.74, 6) is -0.413. The Morgan fingerprint density at radius 2 is 2.13 bits per heavy atom. The third-order valence-electron chi connectivity index (χ3n) is 2.27. The lowest BCUT2D eigenvalue weighted by Gasteiger charge is -2.06. The molecule has 1 aromatic heterocycles. The predicted molar refractivity (Wildman–Crippen MR) is 62.9 cm³/mol. The van der Waals surface area contributed by atoms with Gasteiger partial charge in [-0.25, -0.2) is 4.98 Å². The van der Waals surface area contributed by atoms with E-state index in [0.29, 0.717) is 5.13 Å². The number of fused-ring (bicyclic) bond motifs is 1. The van der Waals surface area contributed by atoms with Crippen LogP contribution in [0.4, 0.5) is 5.13 Å². The van der Waals surface area contributed by atoms with E-state index >= 15 is 0 Å². The summed E-state index contributed by atoms with van der Waals surface area (Å²) in [5.41, 5.74) is 1.11. The highest BCUT2D eigenvalue weighted by Gasteiger charge is 2.18. The largest absolute Gasteiger partial charge is 0.300 e. The highest BCUT2D eigenvalue weighted by Crippen LogP contribution is 2.29. The Kier molecular flexibility index (Phi) is 3.49. The minimum absolute atomic E-state index is 0.413. The van der Waals surface area contributed by atoms with E-state index in [0.717, 1.165) is 18.5 Å². The van der Waals surface area contributed by atoms with Crippen molar-refractivity contribution >= 4 is 45.6 Å². The number of aryl methyl sites for hydroxylation is 2. The fraction of sp³-hybridized carbons (Fsp3) is 0.556. The van der Waals surface area contributed by atoms with Crippen molar-refractivity contribution in [1.29, 1.82) is 0 Å². The second-order valence-corrected chi connectivity index (χ2v) is 5.57. The Balaban J connectivity index is 2.09. The molecule has 0 saturated heterocycles. The van der Waals surface area contributed by atoms with E-state index in [9.17, 15) is 4.79 Å². The molecule has 82 valence electrons. The third kappa shape index (κ3) is 2.62. The summed E-state index contributed by atoms with van der Waals surface area (Å²) in [5, 5.41) is 3.21. The Morgan fingerprint density at radius 1 is 1.40 bits per heavy atom. The maximum absolute atomic E-state index is 11.2. The number of nitrogens with zero attached hydrogens (tertiary/aromatic N) is 1. The van der Waals surface area contributed by atoms with Crippen molar-refractivity contribution in [2.45, 2.75) is 30.5 Å². The SMILES string of the molecule is O=C(Nc1nc2c(s1)CCCC2)C(Cl)Cl. The number of hydrogen-bond acceptors (Lipinski definition) is 3. The minimum Gasteiger partial charge on any atom is -0.300 e. The van der Waals surface area contributed by atoms with Crippen molar-refractivity contribution in [3.63, 3.8) is 0 Å². The molecule has 1 aliphatic rings. The van der Waals surface area contributed by atoms with E-state index in [-0.39, 0.29) is 0 Å². The van der Waals surface area contributed by atoms with Crippen LogP contribution in [0.25, 0.3) is 0 Å². The van der Waals surface area contributed by atoms with Crippen LogP contribution in [0, 0.1) is 0 Å². The molecule has 1 amide bonds. The monoisotopic (exact) mass is 264 g/mol. The van der Waals surface area contributed by atoms with Crippen molar-refractivity contribution in [3.05, 3.63) is 10.6 Å². The molecule has 0 aliphatic heterocycles. The lowest BCUT2D eigenvalue weighted by Crippen LogP contribution is -2.18. The standard InChI is InChI=1S/C9H10Cl2N2OS/c10-7(11)8(14)13-9-12-5-3-1-2-4-6(5)15-9/h7H,1-4H2,(H,12,13,14). The van der Waals surface area contributed by atoms with Crippen LogP contribution in [0.3, 0.4) is 0 Å². The summed E-state index contributed by atoms with van der Waals surface area (Å²) < 4.78 is 0. The summed E-state index contributed by atoms with van der Waals surface area (Å²) in [6.07, 6.45) is 4.45. The zero-order valence-corrected chi connectivity index (χ0v) is 10.3. The van der Waals surface area contributed by atoms with Crippen molar-refractivity contribution in [2.24, 2.45) is 0 Å². The zero-order valence-electron chi connectivity index (χ0n) is 7.93. The third-order valence-corrected chi connectivity index (χ3v) is 3.74. The molecule has 1 heterocycles. The average molecular weight is 265 g/mol. The van der Waals surface area contributed by atoms with E-state index < -0.39 is 10.7 Å². The molecule has 1 N–H and O–H groups in total. The lowest BCUT2D eigenvalue weighted by atomic mass is 10.0. The molecular weight excluding hydrogens is 255 g/mol. The lowest BCUT2D eigenvalue weighted by molar-refractivity contribution is -0.114. The average Bonchev–Trinajstić information content (AvgIpc) is 2.59. The molecule has 15 heavy (non-hydrogen) atoms. The molecule has 0 fully saturated rings. The quantitative estimate of drug-likeness (QED) is 0.835. The van der Waals surface area contributed by atoms with Gasteiger partial charge in [0.25, 0.3) is 5.91 Å². The van der Waals surface area contributed by atoms with E-state index in [4.69, 9.17) is 23.2 Å². The van der Waals surface area contributed by atoms with Gasteiger partial charge in [-0.2, -0.15) is 0 Å². The van der Waals surface area contributed by atoms with E-state index in [1.165, 1.54) is 29.1 Å². The van der Waals surface area contributed by atoms with Gasteiger partial charge in [0.2, 0.25) is 0 Å². The molecule has 3 nitrogen and oxygen atoms in total. The molecule has 0 spiro atoms. The number of carbonyl (C=O) groups excluding carboxylic acids is 1. The fourth-order valence-corrected chi connectivity index (χ4v) is 2.73. The number of alkyl halides is 2. The van der Waals surface area contributed by atoms with E-state index in [1.807, 2.05) is 0 Å². The van der Waals surface area contributed by atoms with Crippen molar-refractivity contribution in [1.82, 2.24) is 4.98 Å². The predicted octanol–water partition coefficient (Wildman–Crippen LogP) is 2.76. The van der Waals surface area contributed by atoms with Crippen LogP contribution >= 0.6 is 34.5 Å². The number of carbonyl (C=O) groups is 1. The topological polar surface area (TPSA) is 42.0 Å². The first-order valence-electron chi connectivity index (χ1n) is 4.74. The van der Waals surface area contributed by atoms with Gasteiger partial charge in [-0.15, -0.1) is 11.3 Å². The van der Waals surface area contributed by atoms with Gasteiger partial charge in [0.1, 0.15) is 0 Å². The van der Waals surface area contributed by atoms with Gasteiger partial charge in [-0.3, -0.25) is 10.1 Å². The van der Waals surface area contributed by atoms with Gasteiger partial charge in [0, 0.05) is 4.88 Å². The van der Waals surface area contributed by atoms with E-state index in [2.05, 4.69) is 10.3 Å². The number of hydrogen-bond donors (Lipinski definition) is 1. The molecule has 0 radical (unpaired) electrons. The summed E-state index contributed by atoms with van der Waals surface area (Å²) in [4.78, 5) is 15.8. The summed E-state index contributed by atoms with van der Waals surface area (Å²) in [6, 6.07) is 0. The first kappa shape index (κ1) is 11.2. The van der Waals surface area contributed by atoms with Gasteiger partial charge in [0.15, 0.2) is 9.97 Å². The van der Waals surface area contributed by atoms with Crippen LogP contribution in [0.2, 0.25) is 0 Å². The maximum Gasteiger partial charge on any atom is 0.259 e. The molecule has 0 atom stereocenters. The van der Waals surface area contributed by atoms with Crippen molar-refractivity contribution < 1.29 is 4.79 Å². The van der Waals surface area contributed by atoms with Gasteiger partial charge in [0.05, 0.1) is 5.69 Å². The number of amides is 1. The van der Waals surface area contributed by atoms with Crippen LogP contribution in [-0.4, -0.2) is 15.7 Å². The summed E-state index contributed by atoms with van der Waals surface area (Å²) >= 11 is 12.4. The van der Waals surface area contributed by atoms with Gasteiger partial charge >= 0.3 is 0 Å². The fourth-order valence-electron chi connectivity index (χ4n) is 1.57. The Bertz CT molecular complexity index is 355. The van der Waals surface area contributed by atoms with Crippen LogP contribution in [0.15, 0.2) is 0 Å². The Hall–Kier alpha value is -0.320. The number of aromatic nitrogens is 1. The number of thiazole rings is 1. The van der Waals surface area contributed by atoms with Crippen molar-refractivity contribution in [2.75, 3.05) is 5.32 Å². The molecular formula is C9H10Cl2N2OS. The van der Waals surface area contributed by atoms with E-state index in [1.54, 1.807) is 0 Å². The second kappa shape index (κ2) is 4.68. The molecule has 0 bridgehead atoms. The van der Waals surface area contributed by atoms with Gasteiger partial charge in [-0.05, 0) is 25.7 Å². The van der Waals surface area contributed by atoms with Crippen LogP contribution < -0.4 is 5.32 Å².